The van der Waals surface area contributed by atoms with Crippen molar-refractivity contribution in [1.82, 2.24) is 4.98 Å². The smallest absolute Gasteiger partial charge is 0.147 e. The van der Waals surface area contributed by atoms with Crippen LogP contribution in [0.15, 0.2) is 60.7 Å². The quantitative estimate of drug-likeness (QED) is 0.421. The number of benzene rings is 2. The van der Waals surface area contributed by atoms with Crippen LogP contribution in [0.2, 0.25) is 5.15 Å². The van der Waals surface area contributed by atoms with Crippen molar-refractivity contribution < 1.29 is 0 Å². The van der Waals surface area contributed by atoms with Gasteiger partial charge in [0.25, 0.3) is 0 Å². The maximum absolute atomic E-state index is 9.24. The maximum Gasteiger partial charge on any atom is 0.147 e. The number of hydrogen-bond acceptors (Lipinski definition) is 2. The summed E-state index contributed by atoms with van der Waals surface area (Å²) in [7, 11) is 0. The van der Waals surface area contributed by atoms with Gasteiger partial charge in [0.2, 0.25) is 0 Å². The first-order valence-electron chi connectivity index (χ1n) is 7.04. The van der Waals surface area contributed by atoms with Crippen molar-refractivity contribution in [3.8, 4) is 28.5 Å². The molecule has 0 aliphatic carbocycles. The zero-order chi connectivity index (χ0) is 16.2. The van der Waals surface area contributed by atoms with Crippen molar-refractivity contribution >= 4 is 27.5 Å². The van der Waals surface area contributed by atoms with Crippen LogP contribution in [-0.4, -0.2) is 4.98 Å². The second-order valence-corrected chi connectivity index (χ2v) is 5.95. The summed E-state index contributed by atoms with van der Waals surface area (Å²) in [5.74, 6) is 0. The predicted octanol–water partition coefficient (Wildman–Crippen LogP) is 5.84. The fourth-order valence-electron chi connectivity index (χ4n) is 2.38. The van der Waals surface area contributed by atoms with Gasteiger partial charge in [-0.1, -0.05) is 82.1 Å². The molecule has 0 atom stereocenters. The number of alkyl halides is 1. The molecule has 3 rings (SSSR count). The number of pyridine rings is 1. The summed E-state index contributed by atoms with van der Waals surface area (Å²) in [5.41, 5.74) is 5.23. The molecular weight excluding hydrogens is 372 g/mol. The van der Waals surface area contributed by atoms with E-state index in [-0.39, 0.29) is 5.15 Å². The van der Waals surface area contributed by atoms with Crippen molar-refractivity contribution in [1.29, 1.82) is 5.26 Å². The Labute approximate surface area is 148 Å². The van der Waals surface area contributed by atoms with Gasteiger partial charge in [0.15, 0.2) is 0 Å². The highest BCUT2D eigenvalue weighted by molar-refractivity contribution is 9.08. The Morgan fingerprint density at radius 2 is 1.70 bits per heavy atom. The van der Waals surface area contributed by atoms with Crippen molar-refractivity contribution in [2.75, 3.05) is 0 Å². The van der Waals surface area contributed by atoms with E-state index in [4.69, 9.17) is 11.6 Å². The molecule has 4 heteroatoms. The van der Waals surface area contributed by atoms with Gasteiger partial charge >= 0.3 is 0 Å². The molecule has 1 aromatic heterocycles. The van der Waals surface area contributed by atoms with Gasteiger partial charge in [0.1, 0.15) is 11.2 Å². The molecule has 0 saturated heterocycles. The first-order valence-corrected chi connectivity index (χ1v) is 8.54. The molecule has 0 amide bonds. The molecule has 1 heterocycles. The van der Waals surface area contributed by atoms with E-state index in [0.29, 0.717) is 5.56 Å². The Hall–Kier alpha value is -2.15. The number of hydrogen-bond donors (Lipinski definition) is 0. The van der Waals surface area contributed by atoms with Crippen LogP contribution < -0.4 is 0 Å². The molecule has 0 N–H and O–H groups in total. The number of rotatable bonds is 3. The second kappa shape index (κ2) is 6.95. The van der Waals surface area contributed by atoms with Gasteiger partial charge in [0.05, 0.1) is 11.3 Å². The SMILES string of the molecule is N#Cc1cc(-c2ccccc2)c(-c2ccc(CBr)cc2)nc1Cl. The molecule has 2 nitrogen and oxygen atoms in total. The second-order valence-electron chi connectivity index (χ2n) is 5.03. The lowest BCUT2D eigenvalue weighted by molar-refractivity contribution is 1.29. The Balaban J connectivity index is 2.22. The van der Waals surface area contributed by atoms with Crippen molar-refractivity contribution in [3.63, 3.8) is 0 Å². The molecule has 0 spiro atoms. The topological polar surface area (TPSA) is 36.7 Å². The van der Waals surface area contributed by atoms with Gasteiger partial charge in [-0.25, -0.2) is 4.98 Å². The minimum Gasteiger partial charge on any atom is -0.234 e. The first-order chi connectivity index (χ1) is 11.2. The summed E-state index contributed by atoms with van der Waals surface area (Å²) < 4.78 is 0. The molecule has 0 unspecified atom stereocenters. The van der Waals surface area contributed by atoms with Crippen LogP contribution in [0.5, 0.6) is 0 Å². The van der Waals surface area contributed by atoms with Crippen molar-refractivity contribution in [2.45, 2.75) is 5.33 Å². The summed E-state index contributed by atoms with van der Waals surface area (Å²) in [6.07, 6.45) is 0. The van der Waals surface area contributed by atoms with E-state index in [1.54, 1.807) is 6.07 Å². The van der Waals surface area contributed by atoms with E-state index in [2.05, 4.69) is 27.0 Å². The molecule has 0 aliphatic heterocycles. The predicted molar refractivity (Wildman–Crippen MR) is 97.5 cm³/mol. The average Bonchev–Trinajstić information content (AvgIpc) is 2.62. The Bertz CT molecular complexity index is 868. The lowest BCUT2D eigenvalue weighted by Crippen LogP contribution is -1.93. The standard InChI is InChI=1S/C19H12BrClN2/c20-11-13-6-8-15(9-7-13)18-17(14-4-2-1-3-5-14)10-16(12-22)19(21)23-18/h1-10H,11H2. The van der Waals surface area contributed by atoms with Crippen LogP contribution in [0.1, 0.15) is 11.1 Å². The summed E-state index contributed by atoms with van der Waals surface area (Å²) in [6, 6.07) is 21.9. The molecule has 0 aliphatic rings. The van der Waals surface area contributed by atoms with Crippen LogP contribution in [0.3, 0.4) is 0 Å². The van der Waals surface area contributed by atoms with Crippen molar-refractivity contribution in [2.24, 2.45) is 0 Å². The van der Waals surface area contributed by atoms with E-state index in [0.717, 1.165) is 27.7 Å². The lowest BCUT2D eigenvalue weighted by atomic mass is 9.97. The van der Waals surface area contributed by atoms with Gasteiger partial charge in [0, 0.05) is 16.5 Å². The van der Waals surface area contributed by atoms with Gasteiger partial charge in [-0.15, -0.1) is 0 Å². The van der Waals surface area contributed by atoms with Crippen LogP contribution in [0.4, 0.5) is 0 Å². The van der Waals surface area contributed by atoms with E-state index in [1.807, 2.05) is 54.6 Å². The van der Waals surface area contributed by atoms with Gasteiger partial charge in [-0.05, 0) is 17.2 Å². The highest BCUT2D eigenvalue weighted by atomic mass is 79.9. The molecule has 0 saturated carbocycles. The third-order valence-corrected chi connectivity index (χ3v) is 4.50. The molecule has 112 valence electrons. The molecule has 3 aromatic rings. The lowest BCUT2D eigenvalue weighted by Gasteiger charge is -2.11. The summed E-state index contributed by atoms with van der Waals surface area (Å²) in [6.45, 7) is 0. The highest BCUT2D eigenvalue weighted by Crippen LogP contribution is 2.33. The highest BCUT2D eigenvalue weighted by Gasteiger charge is 2.13. The van der Waals surface area contributed by atoms with E-state index in [1.165, 1.54) is 5.56 Å². The Morgan fingerprint density at radius 1 is 1.00 bits per heavy atom. The molecule has 0 radical (unpaired) electrons. The fraction of sp³-hybridized carbons (Fsp3) is 0.0526. The maximum atomic E-state index is 9.24. The van der Waals surface area contributed by atoms with Crippen LogP contribution in [-0.2, 0) is 5.33 Å². The van der Waals surface area contributed by atoms with Gasteiger partial charge in [-0.3, -0.25) is 0 Å². The third-order valence-electron chi connectivity index (χ3n) is 3.56. The molecule has 0 fully saturated rings. The molecular formula is C19H12BrClN2. The largest absolute Gasteiger partial charge is 0.234 e. The zero-order valence-corrected chi connectivity index (χ0v) is 14.5. The number of nitrogens with zero attached hydrogens (tertiary/aromatic N) is 2. The van der Waals surface area contributed by atoms with Gasteiger partial charge < -0.3 is 0 Å². The number of aromatic nitrogens is 1. The van der Waals surface area contributed by atoms with Crippen LogP contribution >= 0.6 is 27.5 Å². The Kier molecular flexibility index (Phi) is 4.76. The molecule has 2 aromatic carbocycles. The summed E-state index contributed by atoms with van der Waals surface area (Å²) in [5, 5.41) is 10.3. The van der Waals surface area contributed by atoms with Crippen molar-refractivity contribution in [3.05, 3.63) is 76.9 Å². The van der Waals surface area contributed by atoms with Crippen LogP contribution in [0.25, 0.3) is 22.4 Å². The Morgan fingerprint density at radius 3 is 2.30 bits per heavy atom. The first kappa shape index (κ1) is 15.7. The summed E-state index contributed by atoms with van der Waals surface area (Å²) in [4.78, 5) is 4.48. The molecule has 0 bridgehead atoms. The van der Waals surface area contributed by atoms with Crippen LogP contribution in [0, 0.1) is 11.3 Å². The minimum atomic E-state index is 0.228. The average molecular weight is 384 g/mol. The monoisotopic (exact) mass is 382 g/mol. The fourth-order valence-corrected chi connectivity index (χ4v) is 2.93. The normalized spacial score (nSPS) is 10.3. The van der Waals surface area contributed by atoms with E-state index >= 15 is 0 Å². The third kappa shape index (κ3) is 3.29. The zero-order valence-electron chi connectivity index (χ0n) is 12.1. The number of nitriles is 1. The number of halogens is 2. The molecule has 23 heavy (non-hydrogen) atoms. The van der Waals surface area contributed by atoms with E-state index in [9.17, 15) is 5.26 Å². The van der Waals surface area contributed by atoms with E-state index < -0.39 is 0 Å². The summed E-state index contributed by atoms with van der Waals surface area (Å²) >= 11 is 9.60. The van der Waals surface area contributed by atoms with Gasteiger partial charge in [-0.2, -0.15) is 5.26 Å². The minimum absolute atomic E-state index is 0.228.